The first-order valence-electron chi connectivity index (χ1n) is 13.2. The quantitative estimate of drug-likeness (QED) is 0.389. The Balaban J connectivity index is 1.72. The van der Waals surface area contributed by atoms with Gasteiger partial charge in [-0.2, -0.15) is 0 Å². The minimum absolute atomic E-state index is 0.312. The highest BCUT2D eigenvalue weighted by Crippen LogP contribution is 2.59. The van der Waals surface area contributed by atoms with Gasteiger partial charge >= 0.3 is 0 Å². The molecule has 0 spiro atoms. The summed E-state index contributed by atoms with van der Waals surface area (Å²) in [6, 6.07) is 0. The maximum atomic E-state index is 10.5. The van der Waals surface area contributed by atoms with Crippen LogP contribution in [0.15, 0.2) is 59.8 Å². The van der Waals surface area contributed by atoms with Crippen LogP contribution in [0.25, 0.3) is 0 Å². The molecule has 3 fully saturated rings. The van der Waals surface area contributed by atoms with Gasteiger partial charge in [0.15, 0.2) is 0 Å². The molecule has 0 aromatic heterocycles. The Bertz CT molecular complexity index is 812. The topological polar surface area (TPSA) is 60.7 Å². The lowest BCUT2D eigenvalue weighted by molar-refractivity contribution is 0.0827. The molecule has 184 valence electrons. The van der Waals surface area contributed by atoms with Crippen LogP contribution in [0.5, 0.6) is 0 Å². The van der Waals surface area contributed by atoms with Crippen LogP contribution in [0.2, 0.25) is 0 Å². The SMILES string of the molecule is C=C1/C(=C/C=C2\CCC[C@]3(C)[C@@H]([C@@H](C)/C=C/C=C/C(O)(CC)CC)CC[C@@H]23)C[C@@H](O)C[C@@H]1O. The van der Waals surface area contributed by atoms with Gasteiger partial charge in [-0.15, -0.1) is 0 Å². The van der Waals surface area contributed by atoms with Gasteiger partial charge in [-0.1, -0.05) is 76.3 Å². The van der Waals surface area contributed by atoms with Gasteiger partial charge in [0, 0.05) is 6.42 Å². The van der Waals surface area contributed by atoms with E-state index in [1.165, 1.54) is 31.3 Å². The van der Waals surface area contributed by atoms with E-state index in [-0.39, 0.29) is 0 Å². The number of rotatable bonds is 7. The van der Waals surface area contributed by atoms with E-state index in [2.05, 4.69) is 44.7 Å². The molecule has 0 aliphatic heterocycles. The summed E-state index contributed by atoms with van der Waals surface area (Å²) in [4.78, 5) is 0. The first-order chi connectivity index (χ1) is 15.6. The van der Waals surface area contributed by atoms with Crippen LogP contribution in [-0.2, 0) is 0 Å². The van der Waals surface area contributed by atoms with Crippen LogP contribution in [0.1, 0.15) is 85.5 Å². The largest absolute Gasteiger partial charge is 0.393 e. The fraction of sp³-hybridized carbons (Fsp3) is 0.667. The van der Waals surface area contributed by atoms with Gasteiger partial charge in [0.1, 0.15) is 0 Å². The zero-order chi connectivity index (χ0) is 24.2. The fourth-order valence-electron chi connectivity index (χ4n) is 6.70. The second-order valence-electron chi connectivity index (χ2n) is 11.1. The fourth-order valence-corrected chi connectivity index (χ4v) is 6.70. The Kier molecular flexibility index (Phi) is 8.64. The maximum Gasteiger partial charge on any atom is 0.0825 e. The van der Waals surface area contributed by atoms with Crippen molar-refractivity contribution in [3.05, 3.63) is 59.8 Å². The standard InChI is InChI=1S/C30H46O3/c1-6-30(33,7-2)18-9-8-11-21(3)26-15-16-27-23(12-10-17-29(26,27)5)13-14-24-19-25(31)20-28(32)22(24)4/h8-9,11,13-14,18,21,25-28,31-33H,4,6-7,10,12,15-17,19-20H2,1-3,5H3/b11-8+,18-9+,23-13+,24-14+/t21-,25+,26+,27-,28-,29+/m0/s1. The van der Waals surface area contributed by atoms with Crippen LogP contribution in [0.4, 0.5) is 0 Å². The van der Waals surface area contributed by atoms with E-state index < -0.39 is 17.8 Å². The van der Waals surface area contributed by atoms with Crippen LogP contribution in [-0.4, -0.2) is 33.1 Å². The van der Waals surface area contributed by atoms with Gasteiger partial charge in [0.05, 0.1) is 17.8 Å². The van der Waals surface area contributed by atoms with Gasteiger partial charge < -0.3 is 15.3 Å². The molecule has 3 saturated carbocycles. The van der Waals surface area contributed by atoms with E-state index in [0.717, 1.165) is 30.4 Å². The van der Waals surface area contributed by atoms with E-state index in [1.807, 2.05) is 26.0 Å². The molecule has 0 saturated heterocycles. The Morgan fingerprint density at radius 2 is 1.88 bits per heavy atom. The number of fused-ring (bicyclic) bond motifs is 1. The zero-order valence-electron chi connectivity index (χ0n) is 21.3. The summed E-state index contributed by atoms with van der Waals surface area (Å²) in [5, 5.41) is 30.7. The highest BCUT2D eigenvalue weighted by Gasteiger charge is 2.50. The first kappa shape index (κ1) is 26.2. The minimum atomic E-state index is -0.689. The van der Waals surface area contributed by atoms with Crippen molar-refractivity contribution in [2.75, 3.05) is 0 Å². The summed E-state index contributed by atoms with van der Waals surface area (Å²) in [5.41, 5.74) is 2.92. The summed E-state index contributed by atoms with van der Waals surface area (Å²) in [6.45, 7) is 13.0. The first-order valence-corrected chi connectivity index (χ1v) is 13.2. The number of allylic oxidation sites excluding steroid dienone is 6. The second kappa shape index (κ2) is 10.9. The molecular weight excluding hydrogens is 408 g/mol. The lowest BCUT2D eigenvalue weighted by atomic mass is 9.61. The summed E-state index contributed by atoms with van der Waals surface area (Å²) >= 11 is 0. The molecule has 3 rings (SSSR count). The third-order valence-corrected chi connectivity index (χ3v) is 9.09. The van der Waals surface area contributed by atoms with Crippen LogP contribution < -0.4 is 0 Å². The van der Waals surface area contributed by atoms with E-state index in [0.29, 0.717) is 36.0 Å². The number of hydrogen-bond donors (Lipinski definition) is 3. The molecule has 3 N–H and O–H groups in total. The van der Waals surface area contributed by atoms with Crippen molar-refractivity contribution in [2.24, 2.45) is 23.2 Å². The number of aliphatic hydroxyl groups is 3. The third kappa shape index (κ3) is 5.81. The smallest absolute Gasteiger partial charge is 0.0825 e. The second-order valence-corrected chi connectivity index (χ2v) is 11.1. The zero-order valence-corrected chi connectivity index (χ0v) is 21.3. The van der Waals surface area contributed by atoms with Gasteiger partial charge in [0.25, 0.3) is 0 Å². The Labute approximate surface area is 201 Å². The normalized spacial score (nSPS) is 36.9. The molecule has 3 aliphatic carbocycles. The lowest BCUT2D eigenvalue weighted by Crippen LogP contribution is -2.35. The molecule has 0 bridgehead atoms. The highest BCUT2D eigenvalue weighted by atomic mass is 16.3. The van der Waals surface area contributed by atoms with Crippen molar-refractivity contribution in [3.63, 3.8) is 0 Å². The molecule has 0 aromatic rings. The van der Waals surface area contributed by atoms with Crippen molar-refractivity contribution < 1.29 is 15.3 Å². The summed E-state index contributed by atoms with van der Waals surface area (Å²) < 4.78 is 0. The van der Waals surface area contributed by atoms with Crippen molar-refractivity contribution >= 4 is 0 Å². The average molecular weight is 455 g/mol. The molecule has 0 unspecified atom stereocenters. The Morgan fingerprint density at radius 1 is 1.15 bits per heavy atom. The molecule has 3 heteroatoms. The maximum absolute atomic E-state index is 10.5. The van der Waals surface area contributed by atoms with Gasteiger partial charge in [-0.25, -0.2) is 0 Å². The van der Waals surface area contributed by atoms with E-state index >= 15 is 0 Å². The third-order valence-electron chi connectivity index (χ3n) is 9.09. The number of aliphatic hydroxyl groups excluding tert-OH is 2. The van der Waals surface area contributed by atoms with Crippen LogP contribution in [0.3, 0.4) is 0 Å². The highest BCUT2D eigenvalue weighted by molar-refractivity contribution is 5.38. The molecule has 3 nitrogen and oxygen atoms in total. The van der Waals surface area contributed by atoms with E-state index in [9.17, 15) is 15.3 Å². The van der Waals surface area contributed by atoms with Crippen molar-refractivity contribution in [3.8, 4) is 0 Å². The van der Waals surface area contributed by atoms with E-state index in [1.54, 1.807) is 0 Å². The van der Waals surface area contributed by atoms with Gasteiger partial charge in [-0.3, -0.25) is 0 Å². The summed E-state index contributed by atoms with van der Waals surface area (Å²) in [6.07, 6.45) is 20.3. The predicted octanol–water partition coefficient (Wildman–Crippen LogP) is 6.43. The van der Waals surface area contributed by atoms with Gasteiger partial charge in [-0.05, 0) is 85.7 Å². The summed E-state index contributed by atoms with van der Waals surface area (Å²) in [7, 11) is 0. The number of hydrogen-bond acceptors (Lipinski definition) is 3. The minimum Gasteiger partial charge on any atom is -0.393 e. The monoisotopic (exact) mass is 454 g/mol. The van der Waals surface area contributed by atoms with E-state index in [4.69, 9.17) is 0 Å². The van der Waals surface area contributed by atoms with Gasteiger partial charge in [0.2, 0.25) is 0 Å². The van der Waals surface area contributed by atoms with Crippen molar-refractivity contribution in [2.45, 2.75) is 103 Å². The summed E-state index contributed by atoms with van der Waals surface area (Å²) in [5.74, 6) is 1.77. The molecule has 33 heavy (non-hydrogen) atoms. The van der Waals surface area contributed by atoms with Crippen molar-refractivity contribution in [1.82, 2.24) is 0 Å². The molecule has 0 heterocycles. The molecule has 6 atom stereocenters. The molecule has 3 aliphatic rings. The van der Waals surface area contributed by atoms with Crippen LogP contribution in [0, 0.1) is 23.2 Å². The Morgan fingerprint density at radius 3 is 2.58 bits per heavy atom. The molecule has 0 radical (unpaired) electrons. The van der Waals surface area contributed by atoms with Crippen LogP contribution >= 0.6 is 0 Å². The lowest BCUT2D eigenvalue weighted by Gasteiger charge is -2.44. The molecule has 0 aromatic carbocycles. The molecular formula is C30H46O3. The predicted molar refractivity (Wildman–Crippen MR) is 138 cm³/mol. The average Bonchev–Trinajstić information content (AvgIpc) is 3.15. The van der Waals surface area contributed by atoms with Crippen molar-refractivity contribution in [1.29, 1.82) is 0 Å². The Hall–Kier alpha value is -1.42. The molecule has 0 amide bonds.